The normalized spacial score (nSPS) is 11.0. The van der Waals surface area contributed by atoms with Crippen molar-refractivity contribution in [2.24, 2.45) is 0 Å². The number of rotatable bonds is 4. The number of anilines is 1. The Morgan fingerprint density at radius 2 is 2.05 bits per heavy atom. The second kappa shape index (κ2) is 6.19. The number of nitrogens with one attached hydrogen (secondary N) is 2. The lowest BCUT2D eigenvalue weighted by Crippen LogP contribution is -2.28. The van der Waals surface area contributed by atoms with E-state index in [-0.39, 0.29) is 17.1 Å². The summed E-state index contributed by atoms with van der Waals surface area (Å²) in [5.41, 5.74) is 2.03. The van der Waals surface area contributed by atoms with Crippen molar-refractivity contribution in [2.75, 3.05) is 11.9 Å². The van der Waals surface area contributed by atoms with Crippen molar-refractivity contribution < 1.29 is 9.53 Å². The minimum atomic E-state index is -0.490. The Balaban J connectivity index is 2.75. The van der Waals surface area contributed by atoms with Gasteiger partial charge in [-0.15, -0.1) is 0 Å². The molecule has 0 bridgehead atoms. The van der Waals surface area contributed by atoms with Crippen LogP contribution >= 0.6 is 15.9 Å². The van der Waals surface area contributed by atoms with Crippen molar-refractivity contribution >= 4 is 32.2 Å². The molecule has 0 fully saturated rings. The van der Waals surface area contributed by atoms with Gasteiger partial charge in [0.25, 0.3) is 0 Å². The average Bonchev–Trinajstić information content (AvgIpc) is 2.23. The third-order valence-corrected chi connectivity index (χ3v) is 2.68. The number of esters is 1. The number of aryl methyl sites for hydroxylation is 1. The minimum absolute atomic E-state index is 0.0774. The second-order valence-electron chi connectivity index (χ2n) is 5.30. The van der Waals surface area contributed by atoms with Gasteiger partial charge < -0.3 is 10.1 Å². The van der Waals surface area contributed by atoms with Crippen LogP contribution in [0.3, 0.4) is 0 Å². The molecular formula is C14H19BrN2O2. The molecule has 0 radical (unpaired) electrons. The molecule has 5 heteroatoms. The van der Waals surface area contributed by atoms with Gasteiger partial charge in [-0.25, -0.2) is 0 Å². The van der Waals surface area contributed by atoms with Gasteiger partial charge >= 0.3 is 5.97 Å². The standard InChI is InChI=1S/C14H19BrN2O2/c1-9-5-6-10(13(15)16)11(7-9)17-8-12(18)19-14(2,3)4/h5-7,16-17H,8H2,1-4H3. The second-order valence-corrected chi connectivity index (χ2v) is 6.10. The number of carbonyl (C=O) groups is 1. The first-order valence-electron chi connectivity index (χ1n) is 6.00. The van der Waals surface area contributed by atoms with Crippen LogP contribution < -0.4 is 5.32 Å². The summed E-state index contributed by atoms with van der Waals surface area (Å²) >= 11 is 3.14. The fourth-order valence-electron chi connectivity index (χ4n) is 1.54. The lowest BCUT2D eigenvalue weighted by atomic mass is 10.1. The molecule has 1 aromatic carbocycles. The van der Waals surface area contributed by atoms with E-state index in [0.29, 0.717) is 5.56 Å². The van der Waals surface area contributed by atoms with Crippen LogP contribution in [0.5, 0.6) is 0 Å². The van der Waals surface area contributed by atoms with E-state index in [1.807, 2.05) is 45.9 Å². The minimum Gasteiger partial charge on any atom is -0.459 e. The molecule has 0 aliphatic carbocycles. The van der Waals surface area contributed by atoms with Crippen molar-refractivity contribution in [3.05, 3.63) is 29.3 Å². The summed E-state index contributed by atoms with van der Waals surface area (Å²) in [5.74, 6) is -0.318. The highest BCUT2D eigenvalue weighted by atomic mass is 79.9. The highest BCUT2D eigenvalue weighted by Gasteiger charge is 2.16. The molecule has 0 saturated carbocycles. The zero-order valence-corrected chi connectivity index (χ0v) is 13.2. The first-order chi connectivity index (χ1) is 8.69. The molecule has 0 heterocycles. The summed E-state index contributed by atoms with van der Waals surface area (Å²) < 4.78 is 5.50. The molecule has 104 valence electrons. The van der Waals surface area contributed by atoms with E-state index in [4.69, 9.17) is 10.1 Å². The molecule has 2 N–H and O–H groups in total. The molecule has 0 spiro atoms. The van der Waals surface area contributed by atoms with E-state index in [1.165, 1.54) is 0 Å². The Hall–Kier alpha value is -1.36. The summed E-state index contributed by atoms with van der Waals surface area (Å²) in [6, 6.07) is 5.66. The molecule has 0 aliphatic rings. The van der Waals surface area contributed by atoms with E-state index in [9.17, 15) is 4.79 Å². The molecule has 0 amide bonds. The van der Waals surface area contributed by atoms with Crippen molar-refractivity contribution in [3.8, 4) is 0 Å². The van der Waals surface area contributed by atoms with Gasteiger partial charge in [-0.2, -0.15) is 0 Å². The molecule has 0 saturated heterocycles. The van der Waals surface area contributed by atoms with Crippen molar-refractivity contribution in [1.82, 2.24) is 0 Å². The van der Waals surface area contributed by atoms with Crippen molar-refractivity contribution in [3.63, 3.8) is 0 Å². The molecule has 0 aromatic heterocycles. The van der Waals surface area contributed by atoms with E-state index in [2.05, 4.69) is 21.2 Å². The van der Waals surface area contributed by atoms with Gasteiger partial charge in [0.15, 0.2) is 0 Å². The zero-order chi connectivity index (χ0) is 14.6. The smallest absolute Gasteiger partial charge is 0.325 e. The van der Waals surface area contributed by atoms with Gasteiger partial charge in [-0.3, -0.25) is 10.2 Å². The summed E-state index contributed by atoms with van der Waals surface area (Å²) in [7, 11) is 0. The Morgan fingerprint density at radius 1 is 1.42 bits per heavy atom. The SMILES string of the molecule is Cc1ccc(C(=N)Br)c(NCC(=O)OC(C)(C)C)c1. The summed E-state index contributed by atoms with van der Waals surface area (Å²) in [6.07, 6.45) is 0. The predicted molar refractivity (Wildman–Crippen MR) is 81.3 cm³/mol. The van der Waals surface area contributed by atoms with Crippen LogP contribution in [0.15, 0.2) is 18.2 Å². The zero-order valence-electron chi connectivity index (χ0n) is 11.6. The van der Waals surface area contributed by atoms with Gasteiger partial charge in [-0.1, -0.05) is 6.07 Å². The number of carbonyl (C=O) groups excluding carboxylic acids is 1. The lowest BCUT2D eigenvalue weighted by molar-refractivity contribution is -0.152. The molecule has 0 aliphatic heterocycles. The van der Waals surface area contributed by atoms with E-state index >= 15 is 0 Å². The molecule has 0 atom stereocenters. The maximum atomic E-state index is 11.6. The van der Waals surface area contributed by atoms with Crippen LogP contribution in [-0.2, 0) is 9.53 Å². The topological polar surface area (TPSA) is 62.2 Å². The highest BCUT2D eigenvalue weighted by molar-refractivity contribution is 9.18. The van der Waals surface area contributed by atoms with Crippen LogP contribution in [0.4, 0.5) is 5.69 Å². The summed E-state index contributed by atoms with van der Waals surface area (Å²) in [5, 5.41) is 10.6. The Labute approximate surface area is 122 Å². The van der Waals surface area contributed by atoms with Gasteiger partial charge in [-0.05, 0) is 61.3 Å². The Bertz CT molecular complexity index is 493. The predicted octanol–water partition coefficient (Wildman–Crippen LogP) is 3.47. The average molecular weight is 327 g/mol. The van der Waals surface area contributed by atoms with Crippen LogP contribution in [-0.4, -0.2) is 22.7 Å². The first kappa shape index (κ1) is 15.7. The number of benzene rings is 1. The molecular weight excluding hydrogens is 308 g/mol. The van der Waals surface area contributed by atoms with Gasteiger partial charge in [0.1, 0.15) is 16.8 Å². The van der Waals surface area contributed by atoms with Crippen LogP contribution in [0, 0.1) is 12.3 Å². The van der Waals surface area contributed by atoms with E-state index in [1.54, 1.807) is 0 Å². The largest absolute Gasteiger partial charge is 0.459 e. The quantitative estimate of drug-likeness (QED) is 0.657. The Morgan fingerprint density at radius 3 is 2.58 bits per heavy atom. The fraction of sp³-hybridized carbons (Fsp3) is 0.429. The van der Waals surface area contributed by atoms with E-state index in [0.717, 1.165) is 11.3 Å². The number of halogens is 1. The van der Waals surface area contributed by atoms with Gasteiger partial charge in [0.05, 0.1) is 0 Å². The number of ether oxygens (including phenoxy) is 1. The van der Waals surface area contributed by atoms with E-state index < -0.39 is 5.60 Å². The third-order valence-electron chi connectivity index (χ3n) is 2.25. The highest BCUT2D eigenvalue weighted by Crippen LogP contribution is 2.20. The van der Waals surface area contributed by atoms with Gasteiger partial charge in [0.2, 0.25) is 0 Å². The fourth-order valence-corrected chi connectivity index (χ4v) is 1.89. The molecule has 4 nitrogen and oxygen atoms in total. The van der Waals surface area contributed by atoms with Crippen LogP contribution in [0.1, 0.15) is 31.9 Å². The lowest BCUT2D eigenvalue weighted by Gasteiger charge is -2.20. The Kier molecular flexibility index (Phi) is 5.11. The van der Waals surface area contributed by atoms with Crippen LogP contribution in [0.2, 0.25) is 0 Å². The number of hydrogen-bond donors (Lipinski definition) is 2. The van der Waals surface area contributed by atoms with Crippen LogP contribution in [0.25, 0.3) is 0 Å². The summed E-state index contributed by atoms with van der Waals surface area (Å²) in [4.78, 5) is 11.6. The summed E-state index contributed by atoms with van der Waals surface area (Å²) in [6.45, 7) is 7.53. The molecule has 1 rings (SSSR count). The molecule has 0 unspecified atom stereocenters. The number of hydrogen-bond acceptors (Lipinski definition) is 4. The first-order valence-corrected chi connectivity index (χ1v) is 6.79. The van der Waals surface area contributed by atoms with Crippen molar-refractivity contribution in [1.29, 1.82) is 5.41 Å². The van der Waals surface area contributed by atoms with Crippen molar-refractivity contribution in [2.45, 2.75) is 33.3 Å². The molecule has 1 aromatic rings. The maximum Gasteiger partial charge on any atom is 0.325 e. The van der Waals surface area contributed by atoms with Gasteiger partial charge in [0, 0.05) is 11.3 Å². The maximum absolute atomic E-state index is 11.6. The monoisotopic (exact) mass is 326 g/mol. The molecule has 19 heavy (non-hydrogen) atoms. The third kappa shape index (κ3) is 5.42.